The van der Waals surface area contributed by atoms with E-state index in [9.17, 15) is 0 Å². The van der Waals surface area contributed by atoms with Gasteiger partial charge in [-0.05, 0) is 61.4 Å². The van der Waals surface area contributed by atoms with Crippen LogP contribution in [0.15, 0.2) is 22.7 Å². The lowest BCUT2D eigenvalue weighted by Crippen LogP contribution is -2.21. The molecule has 1 fully saturated rings. The molecule has 2 aliphatic carbocycles. The van der Waals surface area contributed by atoms with Gasteiger partial charge in [0.1, 0.15) is 0 Å². The summed E-state index contributed by atoms with van der Waals surface area (Å²) < 4.78 is 1.21. The maximum atomic E-state index is 3.70. The molecule has 15 heavy (non-hydrogen) atoms. The lowest BCUT2D eigenvalue weighted by Gasteiger charge is -2.13. The fourth-order valence-corrected chi connectivity index (χ4v) is 2.84. The van der Waals surface area contributed by atoms with Crippen LogP contribution in [-0.4, -0.2) is 6.54 Å². The number of halogens is 1. The standard InChI is InChI=1S/C13H16BrN/c14-11-4-5-12-10(7-11)3-6-13(12)15-8-9-1-2-9/h4-5,7,9,13,15H,1-3,6,8H2. The van der Waals surface area contributed by atoms with Crippen LogP contribution in [-0.2, 0) is 6.42 Å². The minimum Gasteiger partial charge on any atom is -0.310 e. The molecule has 1 aromatic rings. The molecule has 1 aromatic carbocycles. The van der Waals surface area contributed by atoms with Gasteiger partial charge in [-0.2, -0.15) is 0 Å². The van der Waals surface area contributed by atoms with Gasteiger partial charge in [0, 0.05) is 10.5 Å². The molecule has 80 valence electrons. The fourth-order valence-electron chi connectivity index (χ4n) is 2.43. The van der Waals surface area contributed by atoms with Gasteiger partial charge in [-0.15, -0.1) is 0 Å². The monoisotopic (exact) mass is 265 g/mol. The Balaban J connectivity index is 1.72. The van der Waals surface area contributed by atoms with Crippen LogP contribution < -0.4 is 5.32 Å². The Morgan fingerprint density at radius 3 is 2.93 bits per heavy atom. The average Bonchev–Trinajstić information content (AvgIpc) is 2.97. The molecule has 1 unspecified atom stereocenters. The molecular formula is C13H16BrN. The van der Waals surface area contributed by atoms with Crippen molar-refractivity contribution in [2.45, 2.75) is 31.7 Å². The number of nitrogens with one attached hydrogen (secondary N) is 1. The van der Waals surface area contributed by atoms with Crippen molar-refractivity contribution in [2.24, 2.45) is 5.92 Å². The smallest absolute Gasteiger partial charge is 0.0326 e. The number of hydrogen-bond donors (Lipinski definition) is 1. The van der Waals surface area contributed by atoms with Crippen LogP contribution in [0.5, 0.6) is 0 Å². The third-order valence-electron chi connectivity index (χ3n) is 3.53. The molecule has 0 spiro atoms. The second-order valence-electron chi connectivity index (χ2n) is 4.79. The van der Waals surface area contributed by atoms with Crippen LogP contribution in [0.1, 0.15) is 36.4 Å². The molecule has 0 saturated heterocycles. The van der Waals surface area contributed by atoms with Crippen molar-refractivity contribution >= 4 is 15.9 Å². The first-order chi connectivity index (χ1) is 7.33. The highest BCUT2D eigenvalue weighted by atomic mass is 79.9. The highest BCUT2D eigenvalue weighted by molar-refractivity contribution is 9.10. The summed E-state index contributed by atoms with van der Waals surface area (Å²) in [7, 11) is 0. The SMILES string of the molecule is Brc1ccc2c(c1)CCC2NCC1CC1. The van der Waals surface area contributed by atoms with Gasteiger partial charge in [0.2, 0.25) is 0 Å². The molecule has 0 bridgehead atoms. The van der Waals surface area contributed by atoms with E-state index < -0.39 is 0 Å². The summed E-state index contributed by atoms with van der Waals surface area (Å²) in [6.07, 6.45) is 5.38. The van der Waals surface area contributed by atoms with Crippen molar-refractivity contribution in [1.82, 2.24) is 5.32 Å². The van der Waals surface area contributed by atoms with Gasteiger partial charge < -0.3 is 5.32 Å². The molecule has 1 atom stereocenters. The maximum absolute atomic E-state index is 3.70. The highest BCUT2D eigenvalue weighted by Crippen LogP contribution is 2.34. The predicted octanol–water partition coefficient (Wildman–Crippen LogP) is 3.44. The highest BCUT2D eigenvalue weighted by Gasteiger charge is 2.26. The topological polar surface area (TPSA) is 12.0 Å². The van der Waals surface area contributed by atoms with Crippen LogP contribution in [0.3, 0.4) is 0 Å². The van der Waals surface area contributed by atoms with E-state index in [4.69, 9.17) is 0 Å². The van der Waals surface area contributed by atoms with Gasteiger partial charge in [-0.3, -0.25) is 0 Å². The first-order valence-electron chi connectivity index (χ1n) is 5.84. The quantitative estimate of drug-likeness (QED) is 0.883. The molecule has 0 radical (unpaired) electrons. The molecule has 2 aliphatic rings. The number of fused-ring (bicyclic) bond motifs is 1. The van der Waals surface area contributed by atoms with E-state index in [1.807, 2.05) is 0 Å². The van der Waals surface area contributed by atoms with Crippen LogP contribution >= 0.6 is 15.9 Å². The molecule has 0 aliphatic heterocycles. The van der Waals surface area contributed by atoms with Crippen molar-refractivity contribution in [2.75, 3.05) is 6.54 Å². The summed E-state index contributed by atoms with van der Waals surface area (Å²) in [5.41, 5.74) is 3.05. The molecule has 0 aromatic heterocycles. The first-order valence-corrected chi connectivity index (χ1v) is 6.64. The molecule has 3 rings (SSSR count). The van der Waals surface area contributed by atoms with E-state index in [1.54, 1.807) is 0 Å². The van der Waals surface area contributed by atoms with Gasteiger partial charge in [0.05, 0.1) is 0 Å². The van der Waals surface area contributed by atoms with E-state index in [2.05, 4.69) is 39.4 Å². The zero-order valence-electron chi connectivity index (χ0n) is 8.80. The third kappa shape index (κ3) is 2.11. The van der Waals surface area contributed by atoms with Gasteiger partial charge in [-0.25, -0.2) is 0 Å². The zero-order chi connectivity index (χ0) is 10.3. The minimum absolute atomic E-state index is 0.619. The maximum Gasteiger partial charge on any atom is 0.0326 e. The lowest BCUT2D eigenvalue weighted by atomic mass is 10.1. The van der Waals surface area contributed by atoms with E-state index in [1.165, 1.54) is 47.8 Å². The molecule has 2 heteroatoms. The Kier molecular flexibility index (Phi) is 2.57. The van der Waals surface area contributed by atoms with Gasteiger partial charge in [0.25, 0.3) is 0 Å². The van der Waals surface area contributed by atoms with Crippen molar-refractivity contribution in [3.05, 3.63) is 33.8 Å². The Morgan fingerprint density at radius 1 is 1.27 bits per heavy atom. The van der Waals surface area contributed by atoms with Crippen molar-refractivity contribution < 1.29 is 0 Å². The molecule has 0 heterocycles. The number of hydrogen-bond acceptors (Lipinski definition) is 1. The summed E-state index contributed by atoms with van der Waals surface area (Å²) in [5, 5.41) is 3.70. The summed E-state index contributed by atoms with van der Waals surface area (Å²) in [5.74, 6) is 0.976. The summed E-state index contributed by atoms with van der Waals surface area (Å²) in [6, 6.07) is 7.33. The second kappa shape index (κ2) is 3.91. The zero-order valence-corrected chi connectivity index (χ0v) is 10.4. The third-order valence-corrected chi connectivity index (χ3v) is 4.03. The van der Waals surface area contributed by atoms with E-state index >= 15 is 0 Å². The van der Waals surface area contributed by atoms with E-state index in [0.29, 0.717) is 6.04 Å². The second-order valence-corrected chi connectivity index (χ2v) is 5.70. The average molecular weight is 266 g/mol. The van der Waals surface area contributed by atoms with Crippen molar-refractivity contribution in [1.29, 1.82) is 0 Å². The van der Waals surface area contributed by atoms with E-state index in [-0.39, 0.29) is 0 Å². The minimum atomic E-state index is 0.619. The lowest BCUT2D eigenvalue weighted by molar-refractivity contribution is 0.512. The Bertz CT molecular complexity index is 371. The largest absolute Gasteiger partial charge is 0.310 e. The Hall–Kier alpha value is -0.340. The normalized spacial score (nSPS) is 24.2. The summed E-state index contributed by atoms with van der Waals surface area (Å²) in [4.78, 5) is 0. The molecule has 1 nitrogen and oxygen atoms in total. The van der Waals surface area contributed by atoms with Gasteiger partial charge >= 0.3 is 0 Å². The van der Waals surface area contributed by atoms with Crippen molar-refractivity contribution in [3.8, 4) is 0 Å². The van der Waals surface area contributed by atoms with Crippen LogP contribution in [0, 0.1) is 5.92 Å². The number of aryl methyl sites for hydroxylation is 1. The molecule has 1 saturated carbocycles. The predicted molar refractivity (Wildman–Crippen MR) is 65.9 cm³/mol. The van der Waals surface area contributed by atoms with Crippen molar-refractivity contribution in [3.63, 3.8) is 0 Å². The summed E-state index contributed by atoms with van der Waals surface area (Å²) in [6.45, 7) is 1.22. The molecule has 1 N–H and O–H groups in total. The number of rotatable bonds is 3. The Labute approximate surface area is 99.4 Å². The molecule has 0 amide bonds. The van der Waals surface area contributed by atoms with Gasteiger partial charge in [0.15, 0.2) is 0 Å². The number of benzene rings is 1. The molecular weight excluding hydrogens is 250 g/mol. The first kappa shape index (κ1) is 9.86. The Morgan fingerprint density at radius 2 is 2.13 bits per heavy atom. The summed E-state index contributed by atoms with van der Waals surface area (Å²) >= 11 is 3.54. The van der Waals surface area contributed by atoms with Crippen LogP contribution in [0.2, 0.25) is 0 Å². The fraction of sp³-hybridized carbons (Fsp3) is 0.538. The van der Waals surface area contributed by atoms with Crippen LogP contribution in [0.4, 0.5) is 0 Å². The van der Waals surface area contributed by atoms with Gasteiger partial charge in [-0.1, -0.05) is 22.0 Å². The van der Waals surface area contributed by atoms with Crippen LogP contribution in [0.25, 0.3) is 0 Å². The van der Waals surface area contributed by atoms with E-state index in [0.717, 1.165) is 5.92 Å².